The third-order valence-electron chi connectivity index (χ3n) is 3.66. The summed E-state index contributed by atoms with van der Waals surface area (Å²) in [6.45, 7) is 10.5. The fourth-order valence-corrected chi connectivity index (χ4v) is 2.44. The molecule has 2 heteroatoms. The van der Waals surface area contributed by atoms with E-state index < -0.39 is 0 Å². The normalized spacial score (nSPS) is 16.0. The Kier molecular flexibility index (Phi) is 7.76. The Hall–Kier alpha value is -0.860. The largest absolute Gasteiger partial charge is 0.372 e. The van der Waals surface area contributed by atoms with Crippen molar-refractivity contribution in [2.24, 2.45) is 5.92 Å². The Labute approximate surface area is 118 Å². The highest BCUT2D eigenvalue weighted by atomic mass is 16.5. The molecule has 0 spiro atoms. The summed E-state index contributed by atoms with van der Waals surface area (Å²) in [5.41, 5.74) is 1.28. The van der Waals surface area contributed by atoms with E-state index in [0.717, 1.165) is 25.5 Å². The van der Waals surface area contributed by atoms with Crippen LogP contribution in [0.25, 0.3) is 0 Å². The van der Waals surface area contributed by atoms with Crippen molar-refractivity contribution in [3.63, 3.8) is 0 Å². The van der Waals surface area contributed by atoms with Gasteiger partial charge in [0.25, 0.3) is 0 Å². The first-order valence-corrected chi connectivity index (χ1v) is 7.62. The van der Waals surface area contributed by atoms with Crippen LogP contribution in [0.1, 0.15) is 52.2 Å². The molecule has 108 valence electrons. The van der Waals surface area contributed by atoms with Gasteiger partial charge >= 0.3 is 0 Å². The fraction of sp³-hybridized carbons (Fsp3) is 0.647. The van der Waals surface area contributed by atoms with Gasteiger partial charge in [0, 0.05) is 12.6 Å². The van der Waals surface area contributed by atoms with Crippen molar-refractivity contribution in [1.82, 2.24) is 5.32 Å². The molecular weight excluding hydrogens is 234 g/mol. The van der Waals surface area contributed by atoms with Crippen molar-refractivity contribution in [2.45, 2.75) is 52.7 Å². The van der Waals surface area contributed by atoms with Gasteiger partial charge in [-0.3, -0.25) is 0 Å². The minimum Gasteiger partial charge on any atom is -0.372 e. The molecule has 0 heterocycles. The van der Waals surface area contributed by atoms with E-state index in [-0.39, 0.29) is 6.10 Å². The van der Waals surface area contributed by atoms with Gasteiger partial charge in [-0.25, -0.2) is 0 Å². The van der Waals surface area contributed by atoms with Gasteiger partial charge in [0.2, 0.25) is 0 Å². The van der Waals surface area contributed by atoms with Crippen LogP contribution in [0.5, 0.6) is 0 Å². The molecule has 1 aromatic carbocycles. The van der Waals surface area contributed by atoms with Gasteiger partial charge in [-0.1, -0.05) is 57.5 Å². The molecule has 0 fully saturated rings. The predicted molar refractivity (Wildman–Crippen MR) is 82.3 cm³/mol. The minimum absolute atomic E-state index is 0.153. The molecule has 0 aliphatic heterocycles. The quantitative estimate of drug-likeness (QED) is 0.721. The molecule has 0 saturated carbocycles. The lowest BCUT2D eigenvalue weighted by molar-refractivity contribution is 0.0272. The lowest BCUT2D eigenvalue weighted by Gasteiger charge is -2.30. The summed E-state index contributed by atoms with van der Waals surface area (Å²) >= 11 is 0. The van der Waals surface area contributed by atoms with Crippen LogP contribution in [-0.4, -0.2) is 19.2 Å². The average Bonchev–Trinajstić information content (AvgIpc) is 2.45. The van der Waals surface area contributed by atoms with E-state index in [9.17, 15) is 0 Å². The van der Waals surface area contributed by atoms with Crippen LogP contribution in [-0.2, 0) is 4.74 Å². The van der Waals surface area contributed by atoms with Crippen LogP contribution in [0, 0.1) is 5.92 Å². The van der Waals surface area contributed by atoms with Crippen LogP contribution in [0.15, 0.2) is 30.3 Å². The molecule has 2 nitrogen and oxygen atoms in total. The SMILES string of the molecule is CCNC(CC(C)CC)C(OCC)c1ccccc1. The molecular formula is C17H29NO. The first-order valence-electron chi connectivity index (χ1n) is 7.62. The maximum absolute atomic E-state index is 6.03. The van der Waals surface area contributed by atoms with E-state index in [2.05, 4.69) is 63.3 Å². The topological polar surface area (TPSA) is 21.3 Å². The molecule has 3 unspecified atom stereocenters. The Morgan fingerprint density at radius 2 is 1.79 bits per heavy atom. The number of hydrogen-bond acceptors (Lipinski definition) is 2. The number of rotatable bonds is 9. The third kappa shape index (κ3) is 5.33. The molecule has 0 aliphatic carbocycles. The van der Waals surface area contributed by atoms with E-state index in [4.69, 9.17) is 4.74 Å². The van der Waals surface area contributed by atoms with Crippen molar-refractivity contribution in [1.29, 1.82) is 0 Å². The summed E-state index contributed by atoms with van der Waals surface area (Å²) < 4.78 is 6.03. The van der Waals surface area contributed by atoms with Crippen molar-refractivity contribution < 1.29 is 4.74 Å². The highest BCUT2D eigenvalue weighted by molar-refractivity contribution is 5.19. The summed E-state index contributed by atoms with van der Waals surface area (Å²) in [5, 5.41) is 3.61. The van der Waals surface area contributed by atoms with E-state index >= 15 is 0 Å². The first kappa shape index (κ1) is 16.2. The Bertz CT molecular complexity index is 325. The van der Waals surface area contributed by atoms with Crippen LogP contribution in [0.4, 0.5) is 0 Å². The molecule has 0 aromatic heterocycles. The standard InChI is InChI=1S/C17H29NO/c1-5-14(4)13-16(18-6-2)17(19-7-3)15-11-9-8-10-12-15/h8-12,14,16-18H,5-7,13H2,1-4H3. The van der Waals surface area contributed by atoms with E-state index in [1.165, 1.54) is 12.0 Å². The van der Waals surface area contributed by atoms with Gasteiger partial charge in [0.1, 0.15) is 0 Å². The average molecular weight is 263 g/mol. The molecule has 19 heavy (non-hydrogen) atoms. The molecule has 0 amide bonds. The summed E-state index contributed by atoms with van der Waals surface area (Å²) in [4.78, 5) is 0. The number of ether oxygens (including phenoxy) is 1. The van der Waals surface area contributed by atoms with Crippen LogP contribution >= 0.6 is 0 Å². The maximum Gasteiger partial charge on any atom is 0.0977 e. The fourth-order valence-electron chi connectivity index (χ4n) is 2.44. The highest BCUT2D eigenvalue weighted by Crippen LogP contribution is 2.26. The van der Waals surface area contributed by atoms with Crippen LogP contribution in [0.3, 0.4) is 0 Å². The zero-order valence-corrected chi connectivity index (χ0v) is 12.9. The van der Waals surface area contributed by atoms with Crippen LogP contribution < -0.4 is 5.32 Å². The number of nitrogens with one attached hydrogen (secondary N) is 1. The van der Waals surface area contributed by atoms with E-state index in [0.29, 0.717) is 6.04 Å². The summed E-state index contributed by atoms with van der Waals surface area (Å²) in [5.74, 6) is 0.718. The van der Waals surface area contributed by atoms with Gasteiger partial charge in [-0.2, -0.15) is 0 Å². The second-order valence-electron chi connectivity index (χ2n) is 5.20. The third-order valence-corrected chi connectivity index (χ3v) is 3.66. The molecule has 0 aliphatic rings. The predicted octanol–water partition coefficient (Wildman–Crippen LogP) is 4.18. The van der Waals surface area contributed by atoms with E-state index in [1.54, 1.807) is 0 Å². The molecule has 0 saturated heterocycles. The van der Waals surface area contributed by atoms with Gasteiger partial charge in [0.05, 0.1) is 6.10 Å². The zero-order valence-electron chi connectivity index (χ0n) is 12.9. The smallest absolute Gasteiger partial charge is 0.0977 e. The van der Waals surface area contributed by atoms with Crippen molar-refractivity contribution in [2.75, 3.05) is 13.2 Å². The van der Waals surface area contributed by atoms with Gasteiger partial charge in [-0.05, 0) is 31.4 Å². The number of likely N-dealkylation sites (N-methyl/N-ethyl adjacent to an activating group) is 1. The molecule has 1 aromatic rings. The van der Waals surface area contributed by atoms with Crippen molar-refractivity contribution >= 4 is 0 Å². The zero-order chi connectivity index (χ0) is 14.1. The van der Waals surface area contributed by atoms with Crippen molar-refractivity contribution in [3.05, 3.63) is 35.9 Å². The molecule has 1 rings (SSSR count). The summed E-state index contributed by atoms with van der Waals surface area (Å²) in [6.07, 6.45) is 2.53. The lowest BCUT2D eigenvalue weighted by Crippen LogP contribution is -2.37. The Morgan fingerprint density at radius 1 is 1.11 bits per heavy atom. The molecule has 3 atom stereocenters. The van der Waals surface area contributed by atoms with Crippen LogP contribution in [0.2, 0.25) is 0 Å². The first-order chi connectivity index (χ1) is 9.22. The van der Waals surface area contributed by atoms with Crippen molar-refractivity contribution in [3.8, 4) is 0 Å². The van der Waals surface area contributed by atoms with Gasteiger partial charge < -0.3 is 10.1 Å². The monoisotopic (exact) mass is 263 g/mol. The molecule has 0 bridgehead atoms. The second-order valence-corrected chi connectivity index (χ2v) is 5.20. The van der Waals surface area contributed by atoms with E-state index in [1.807, 2.05) is 0 Å². The Morgan fingerprint density at radius 3 is 2.32 bits per heavy atom. The number of benzene rings is 1. The highest BCUT2D eigenvalue weighted by Gasteiger charge is 2.24. The summed E-state index contributed by atoms with van der Waals surface area (Å²) in [7, 11) is 0. The maximum atomic E-state index is 6.03. The number of hydrogen-bond donors (Lipinski definition) is 1. The molecule has 0 radical (unpaired) electrons. The summed E-state index contributed by atoms with van der Waals surface area (Å²) in [6, 6.07) is 11.0. The van der Waals surface area contributed by atoms with Gasteiger partial charge in [-0.15, -0.1) is 0 Å². The Balaban J connectivity index is 2.85. The molecule has 1 N–H and O–H groups in total. The lowest BCUT2D eigenvalue weighted by atomic mass is 9.92. The second kappa shape index (κ2) is 9.11. The van der Waals surface area contributed by atoms with Gasteiger partial charge in [0.15, 0.2) is 0 Å². The minimum atomic E-state index is 0.153.